The van der Waals surface area contributed by atoms with Crippen molar-refractivity contribution in [3.63, 3.8) is 0 Å². The fourth-order valence-electron chi connectivity index (χ4n) is 1.32. The lowest BCUT2D eigenvalue weighted by Gasteiger charge is -2.14. The number of benzene rings is 1. The summed E-state index contributed by atoms with van der Waals surface area (Å²) in [5.41, 5.74) is 4.20. The van der Waals surface area contributed by atoms with Gasteiger partial charge in [-0.3, -0.25) is 11.3 Å². The molecule has 1 aromatic rings. The van der Waals surface area contributed by atoms with Crippen LogP contribution in [0.3, 0.4) is 0 Å². The van der Waals surface area contributed by atoms with E-state index in [0.29, 0.717) is 6.04 Å². The zero-order valence-corrected chi connectivity index (χ0v) is 9.39. The van der Waals surface area contributed by atoms with Gasteiger partial charge in [-0.15, -0.1) is 0 Å². The van der Waals surface area contributed by atoms with Crippen LogP contribution < -0.4 is 11.3 Å². The maximum atomic E-state index is 5.50. The Bertz CT molecular complexity index is 238. The van der Waals surface area contributed by atoms with Crippen LogP contribution in [0.25, 0.3) is 0 Å². The standard InChI is InChI=1S/C11H18N2S/c1-2-14-9-11(13-12)8-10-6-4-3-5-7-10/h3-7,11,13H,2,8-9,12H2,1H3. The van der Waals surface area contributed by atoms with E-state index in [9.17, 15) is 0 Å². The fourth-order valence-corrected chi connectivity index (χ4v) is 2.06. The summed E-state index contributed by atoms with van der Waals surface area (Å²) < 4.78 is 0. The van der Waals surface area contributed by atoms with Crippen LogP contribution in [0.4, 0.5) is 0 Å². The highest BCUT2D eigenvalue weighted by atomic mass is 32.2. The maximum absolute atomic E-state index is 5.50. The van der Waals surface area contributed by atoms with Crippen LogP contribution in [0.5, 0.6) is 0 Å². The molecule has 1 rings (SSSR count). The molecule has 2 nitrogen and oxygen atoms in total. The normalized spacial score (nSPS) is 12.7. The van der Waals surface area contributed by atoms with Crippen LogP contribution in [-0.4, -0.2) is 17.5 Å². The van der Waals surface area contributed by atoms with Gasteiger partial charge < -0.3 is 0 Å². The summed E-state index contributed by atoms with van der Waals surface area (Å²) >= 11 is 1.92. The third kappa shape index (κ3) is 4.13. The Hall–Kier alpha value is -0.510. The number of hydrazine groups is 1. The van der Waals surface area contributed by atoms with Crippen molar-refractivity contribution in [3.05, 3.63) is 35.9 Å². The second kappa shape index (κ2) is 6.87. The van der Waals surface area contributed by atoms with Gasteiger partial charge in [-0.25, -0.2) is 0 Å². The molecule has 0 spiro atoms. The molecular formula is C11H18N2S. The molecule has 0 bridgehead atoms. The molecule has 0 saturated heterocycles. The van der Waals surface area contributed by atoms with E-state index in [2.05, 4.69) is 36.6 Å². The molecule has 1 atom stereocenters. The summed E-state index contributed by atoms with van der Waals surface area (Å²) in [4.78, 5) is 0. The van der Waals surface area contributed by atoms with Crippen LogP contribution in [-0.2, 0) is 6.42 Å². The Morgan fingerprint density at radius 2 is 2.07 bits per heavy atom. The Labute approximate surface area is 90.2 Å². The van der Waals surface area contributed by atoms with Gasteiger partial charge in [-0.2, -0.15) is 11.8 Å². The van der Waals surface area contributed by atoms with Gasteiger partial charge in [-0.1, -0.05) is 37.3 Å². The van der Waals surface area contributed by atoms with Crippen molar-refractivity contribution >= 4 is 11.8 Å². The lowest BCUT2D eigenvalue weighted by molar-refractivity contribution is 0.575. The van der Waals surface area contributed by atoms with Crippen molar-refractivity contribution in [2.24, 2.45) is 5.84 Å². The highest BCUT2D eigenvalue weighted by molar-refractivity contribution is 7.99. The molecule has 0 saturated carbocycles. The van der Waals surface area contributed by atoms with Gasteiger partial charge in [0.15, 0.2) is 0 Å². The molecule has 3 N–H and O–H groups in total. The average Bonchev–Trinajstić information content (AvgIpc) is 2.25. The van der Waals surface area contributed by atoms with Gasteiger partial charge in [0.25, 0.3) is 0 Å². The zero-order valence-electron chi connectivity index (χ0n) is 8.57. The minimum atomic E-state index is 0.377. The smallest absolute Gasteiger partial charge is 0.0341 e. The molecule has 78 valence electrons. The minimum absolute atomic E-state index is 0.377. The van der Waals surface area contributed by atoms with Gasteiger partial charge in [0.2, 0.25) is 0 Å². The molecule has 0 aliphatic heterocycles. The second-order valence-corrected chi connectivity index (χ2v) is 4.53. The van der Waals surface area contributed by atoms with Crippen LogP contribution >= 0.6 is 11.8 Å². The molecular weight excluding hydrogens is 192 g/mol. The number of nitrogens with one attached hydrogen (secondary N) is 1. The van der Waals surface area contributed by atoms with Gasteiger partial charge in [0.05, 0.1) is 0 Å². The molecule has 3 heteroatoms. The SMILES string of the molecule is CCSCC(Cc1ccccc1)NN. The van der Waals surface area contributed by atoms with Crippen molar-refractivity contribution in [3.8, 4) is 0 Å². The molecule has 0 aliphatic rings. The first-order valence-electron chi connectivity index (χ1n) is 4.94. The topological polar surface area (TPSA) is 38.0 Å². The van der Waals surface area contributed by atoms with Crippen LogP contribution in [0, 0.1) is 0 Å². The number of hydrogen-bond donors (Lipinski definition) is 2. The fraction of sp³-hybridized carbons (Fsp3) is 0.455. The summed E-state index contributed by atoms with van der Waals surface area (Å²) in [6, 6.07) is 10.8. The summed E-state index contributed by atoms with van der Waals surface area (Å²) in [7, 11) is 0. The predicted octanol–water partition coefficient (Wildman–Crippen LogP) is 1.81. The number of hydrogen-bond acceptors (Lipinski definition) is 3. The largest absolute Gasteiger partial charge is 0.271 e. The van der Waals surface area contributed by atoms with Gasteiger partial charge in [0.1, 0.15) is 0 Å². The Morgan fingerprint density at radius 1 is 1.36 bits per heavy atom. The van der Waals surface area contributed by atoms with Crippen LogP contribution in [0.15, 0.2) is 30.3 Å². The number of thioether (sulfide) groups is 1. The summed E-state index contributed by atoms with van der Waals surface area (Å²) in [6.07, 6.45) is 1.00. The molecule has 0 heterocycles. The maximum Gasteiger partial charge on any atom is 0.0341 e. The molecule has 0 amide bonds. The molecule has 1 unspecified atom stereocenters. The highest BCUT2D eigenvalue weighted by Gasteiger charge is 2.06. The lowest BCUT2D eigenvalue weighted by atomic mass is 10.1. The molecule has 1 aromatic carbocycles. The molecule has 14 heavy (non-hydrogen) atoms. The van der Waals surface area contributed by atoms with Gasteiger partial charge in [0, 0.05) is 11.8 Å². The van der Waals surface area contributed by atoms with Gasteiger partial charge in [-0.05, 0) is 17.7 Å². The van der Waals surface area contributed by atoms with Crippen molar-refractivity contribution in [2.75, 3.05) is 11.5 Å². The second-order valence-electron chi connectivity index (χ2n) is 3.21. The first kappa shape index (κ1) is 11.6. The van der Waals surface area contributed by atoms with E-state index in [1.807, 2.05) is 17.8 Å². The van der Waals surface area contributed by atoms with Gasteiger partial charge >= 0.3 is 0 Å². The van der Waals surface area contributed by atoms with E-state index >= 15 is 0 Å². The first-order valence-corrected chi connectivity index (χ1v) is 6.10. The molecule has 0 fully saturated rings. The molecule has 0 aromatic heterocycles. The first-order chi connectivity index (χ1) is 6.86. The van der Waals surface area contributed by atoms with E-state index in [4.69, 9.17) is 5.84 Å². The lowest BCUT2D eigenvalue weighted by Crippen LogP contribution is -2.38. The van der Waals surface area contributed by atoms with E-state index in [0.717, 1.165) is 17.9 Å². The van der Waals surface area contributed by atoms with Crippen LogP contribution in [0.1, 0.15) is 12.5 Å². The minimum Gasteiger partial charge on any atom is -0.271 e. The van der Waals surface area contributed by atoms with E-state index in [1.165, 1.54) is 5.56 Å². The average molecular weight is 210 g/mol. The monoisotopic (exact) mass is 210 g/mol. The van der Waals surface area contributed by atoms with E-state index in [-0.39, 0.29) is 0 Å². The van der Waals surface area contributed by atoms with Crippen molar-refractivity contribution in [2.45, 2.75) is 19.4 Å². The van der Waals surface area contributed by atoms with Crippen molar-refractivity contribution in [1.29, 1.82) is 0 Å². The Kier molecular flexibility index (Phi) is 5.68. The summed E-state index contributed by atoms with van der Waals surface area (Å²) in [5, 5.41) is 0. The van der Waals surface area contributed by atoms with E-state index in [1.54, 1.807) is 0 Å². The summed E-state index contributed by atoms with van der Waals surface area (Å²) in [5.74, 6) is 7.72. The third-order valence-corrected chi connectivity index (χ3v) is 3.13. The quantitative estimate of drug-likeness (QED) is 0.555. The third-order valence-electron chi connectivity index (χ3n) is 2.08. The zero-order chi connectivity index (χ0) is 10.2. The van der Waals surface area contributed by atoms with Crippen molar-refractivity contribution < 1.29 is 0 Å². The molecule has 0 radical (unpaired) electrons. The predicted molar refractivity (Wildman–Crippen MR) is 64.3 cm³/mol. The molecule has 0 aliphatic carbocycles. The highest BCUT2D eigenvalue weighted by Crippen LogP contribution is 2.07. The van der Waals surface area contributed by atoms with E-state index < -0.39 is 0 Å². The Morgan fingerprint density at radius 3 is 2.64 bits per heavy atom. The number of rotatable bonds is 6. The van der Waals surface area contributed by atoms with Crippen molar-refractivity contribution in [1.82, 2.24) is 5.43 Å². The summed E-state index contributed by atoms with van der Waals surface area (Å²) in [6.45, 7) is 2.17. The number of nitrogens with two attached hydrogens (primary N) is 1. The van der Waals surface area contributed by atoms with Crippen LogP contribution in [0.2, 0.25) is 0 Å². The Balaban J connectivity index is 2.40.